The number of nitrogens with zero attached hydrogens (tertiary/aromatic N) is 5. The fourth-order valence-electron chi connectivity index (χ4n) is 4.10. The lowest BCUT2D eigenvalue weighted by molar-refractivity contribution is -0.123. The van der Waals surface area contributed by atoms with Gasteiger partial charge in [0.25, 0.3) is 5.78 Å². The number of rotatable bonds is 6. The fourth-order valence-corrected chi connectivity index (χ4v) is 4.10. The Morgan fingerprint density at radius 3 is 2.85 bits per heavy atom. The third-order valence-corrected chi connectivity index (χ3v) is 5.67. The molecule has 1 saturated carbocycles. The summed E-state index contributed by atoms with van der Waals surface area (Å²) in [4.78, 5) is 23.1. The maximum Gasteiger partial charge on any atom is 0.254 e. The molecule has 8 heteroatoms. The predicted octanol–water partition coefficient (Wildman–Crippen LogP) is 1.33. The van der Waals surface area contributed by atoms with Crippen molar-refractivity contribution in [2.24, 2.45) is 5.92 Å². The molecule has 1 N–H and O–H groups in total. The van der Waals surface area contributed by atoms with Gasteiger partial charge in [-0.3, -0.25) is 4.79 Å². The van der Waals surface area contributed by atoms with Crippen LogP contribution in [-0.2, 0) is 9.53 Å². The third kappa shape index (κ3) is 3.25. The number of amides is 1. The van der Waals surface area contributed by atoms with Crippen LogP contribution in [0.3, 0.4) is 0 Å². The Morgan fingerprint density at radius 2 is 2.15 bits per heavy atom. The smallest absolute Gasteiger partial charge is 0.254 e. The van der Waals surface area contributed by atoms with Crippen LogP contribution in [0.25, 0.3) is 5.78 Å². The Kier molecular flexibility index (Phi) is 4.52. The Bertz CT molecular complexity index is 792. The van der Waals surface area contributed by atoms with Gasteiger partial charge in [-0.25, -0.2) is 4.98 Å². The van der Waals surface area contributed by atoms with Crippen LogP contribution in [0.1, 0.15) is 37.8 Å². The Balaban J connectivity index is 1.41. The second-order valence-electron chi connectivity index (χ2n) is 7.44. The van der Waals surface area contributed by atoms with E-state index in [0.717, 1.165) is 50.3 Å². The quantitative estimate of drug-likeness (QED) is 0.839. The molecule has 4 rings (SSSR count). The van der Waals surface area contributed by atoms with E-state index in [0.29, 0.717) is 24.7 Å². The van der Waals surface area contributed by atoms with Crippen molar-refractivity contribution in [2.75, 3.05) is 31.7 Å². The molecule has 2 aromatic rings. The van der Waals surface area contributed by atoms with Gasteiger partial charge in [0.1, 0.15) is 12.1 Å². The number of anilines is 1. The third-order valence-electron chi connectivity index (χ3n) is 5.67. The summed E-state index contributed by atoms with van der Waals surface area (Å²) in [5, 5.41) is 7.60. The molecule has 2 aromatic heterocycles. The summed E-state index contributed by atoms with van der Waals surface area (Å²) in [6, 6.07) is 2.07. The van der Waals surface area contributed by atoms with Crippen LogP contribution in [0.2, 0.25) is 0 Å². The number of hydrogen-bond donors (Lipinski definition) is 1. The normalized spacial score (nSPS) is 19.7. The minimum absolute atomic E-state index is 0.0215. The molecule has 1 aliphatic heterocycles. The monoisotopic (exact) mass is 358 g/mol. The van der Waals surface area contributed by atoms with Gasteiger partial charge in [0.2, 0.25) is 5.91 Å². The summed E-state index contributed by atoms with van der Waals surface area (Å²) in [5.74, 6) is 2.35. The zero-order chi connectivity index (χ0) is 18.1. The van der Waals surface area contributed by atoms with E-state index in [9.17, 15) is 4.79 Å². The lowest BCUT2D eigenvalue weighted by Gasteiger charge is -2.37. The number of nitrogens with one attached hydrogen (secondary N) is 1. The summed E-state index contributed by atoms with van der Waals surface area (Å²) in [7, 11) is 1.63. The van der Waals surface area contributed by atoms with Crippen molar-refractivity contribution in [1.82, 2.24) is 24.9 Å². The van der Waals surface area contributed by atoms with E-state index < -0.39 is 0 Å². The maximum atomic E-state index is 12.1. The number of aromatic nitrogens is 4. The van der Waals surface area contributed by atoms with Gasteiger partial charge in [0.05, 0.1) is 6.61 Å². The molecule has 0 unspecified atom stereocenters. The van der Waals surface area contributed by atoms with Crippen molar-refractivity contribution >= 4 is 17.5 Å². The van der Waals surface area contributed by atoms with Crippen LogP contribution in [0, 0.1) is 12.8 Å². The molecule has 140 valence electrons. The zero-order valence-corrected chi connectivity index (χ0v) is 15.4. The molecule has 0 spiro atoms. The van der Waals surface area contributed by atoms with Crippen LogP contribution in [0.4, 0.5) is 5.82 Å². The van der Waals surface area contributed by atoms with E-state index in [-0.39, 0.29) is 11.4 Å². The number of hydrogen-bond acceptors (Lipinski definition) is 6. The highest BCUT2D eigenvalue weighted by molar-refractivity contribution is 5.77. The highest BCUT2D eigenvalue weighted by Crippen LogP contribution is 2.47. The van der Waals surface area contributed by atoms with Crippen LogP contribution >= 0.6 is 0 Å². The summed E-state index contributed by atoms with van der Waals surface area (Å²) < 4.78 is 6.82. The minimum Gasteiger partial charge on any atom is -0.384 e. The van der Waals surface area contributed by atoms with Gasteiger partial charge in [-0.15, -0.1) is 0 Å². The summed E-state index contributed by atoms with van der Waals surface area (Å²) in [5.41, 5.74) is 0.972. The van der Waals surface area contributed by atoms with Crippen molar-refractivity contribution in [3.63, 3.8) is 0 Å². The number of fused-ring (bicyclic) bond motifs is 1. The van der Waals surface area contributed by atoms with Crippen molar-refractivity contribution < 1.29 is 9.53 Å². The van der Waals surface area contributed by atoms with Crippen molar-refractivity contribution in [1.29, 1.82) is 0 Å². The molecule has 1 aliphatic carbocycles. The van der Waals surface area contributed by atoms with Gasteiger partial charge in [0.15, 0.2) is 0 Å². The summed E-state index contributed by atoms with van der Waals surface area (Å²) >= 11 is 0. The lowest BCUT2D eigenvalue weighted by Crippen LogP contribution is -2.47. The Hall–Kier alpha value is -2.22. The Labute approximate surface area is 152 Å². The average Bonchev–Trinajstić information content (AvgIpc) is 3.26. The lowest BCUT2D eigenvalue weighted by atomic mass is 9.87. The summed E-state index contributed by atoms with van der Waals surface area (Å²) in [6.45, 7) is 4.38. The predicted molar refractivity (Wildman–Crippen MR) is 97.1 cm³/mol. The molecule has 0 bridgehead atoms. The molecule has 2 aliphatic rings. The van der Waals surface area contributed by atoms with E-state index in [1.807, 2.05) is 11.4 Å². The highest BCUT2D eigenvalue weighted by atomic mass is 16.5. The number of piperidine rings is 1. The number of carbonyl (C=O) groups is 1. The maximum absolute atomic E-state index is 12.1. The van der Waals surface area contributed by atoms with Crippen LogP contribution in [0.5, 0.6) is 0 Å². The molecule has 1 saturated heterocycles. The van der Waals surface area contributed by atoms with Crippen molar-refractivity contribution in [3.05, 3.63) is 18.1 Å². The Morgan fingerprint density at radius 1 is 1.38 bits per heavy atom. The topological polar surface area (TPSA) is 84.6 Å². The molecule has 3 heterocycles. The summed E-state index contributed by atoms with van der Waals surface area (Å²) in [6.07, 6.45) is 6.32. The molecule has 1 amide bonds. The minimum atomic E-state index is 0.0215. The zero-order valence-electron chi connectivity index (χ0n) is 15.4. The molecule has 26 heavy (non-hydrogen) atoms. The van der Waals surface area contributed by atoms with Crippen LogP contribution in [0.15, 0.2) is 12.4 Å². The first kappa shape index (κ1) is 17.2. The molecule has 8 nitrogen and oxygen atoms in total. The first-order chi connectivity index (χ1) is 12.6. The van der Waals surface area contributed by atoms with Gasteiger partial charge in [-0.1, -0.05) is 0 Å². The number of methoxy groups -OCH3 is 1. The first-order valence-electron chi connectivity index (χ1n) is 9.33. The van der Waals surface area contributed by atoms with E-state index in [1.54, 1.807) is 13.4 Å². The van der Waals surface area contributed by atoms with Crippen LogP contribution in [-0.4, -0.2) is 57.8 Å². The molecular formula is C18H26N6O2. The number of aryl methyl sites for hydroxylation is 1. The molecular weight excluding hydrogens is 332 g/mol. The van der Waals surface area contributed by atoms with Gasteiger partial charge in [-0.05, 0) is 38.5 Å². The first-order valence-corrected chi connectivity index (χ1v) is 9.33. The largest absolute Gasteiger partial charge is 0.384 e. The molecule has 2 fully saturated rings. The highest BCUT2D eigenvalue weighted by Gasteiger charge is 2.50. The van der Waals surface area contributed by atoms with Gasteiger partial charge < -0.3 is 15.0 Å². The van der Waals surface area contributed by atoms with Crippen LogP contribution < -0.4 is 10.2 Å². The average molecular weight is 358 g/mol. The van der Waals surface area contributed by atoms with Gasteiger partial charge in [0, 0.05) is 43.9 Å². The van der Waals surface area contributed by atoms with E-state index in [2.05, 4.69) is 31.3 Å². The number of ether oxygens (including phenoxy) is 1. The standard InChI is InChI=1S/C18H26N6O2/c1-13-11-16(24-17(21-13)19-12-20-24)23-8-3-14(4-9-23)18(6-7-18)22-15(25)5-10-26-2/h11-12,14H,3-10H2,1-2H3,(H,22,25). The van der Waals surface area contributed by atoms with Gasteiger partial charge >= 0.3 is 0 Å². The SMILES string of the molecule is COCCC(=O)NC1(C2CCN(c3cc(C)nc4ncnn34)CC2)CC1. The van der Waals surface area contributed by atoms with Crippen molar-refractivity contribution in [3.8, 4) is 0 Å². The van der Waals surface area contributed by atoms with Gasteiger partial charge in [-0.2, -0.15) is 14.6 Å². The molecule has 0 atom stereocenters. The van der Waals surface area contributed by atoms with E-state index in [4.69, 9.17) is 4.74 Å². The molecule has 0 aromatic carbocycles. The van der Waals surface area contributed by atoms with E-state index >= 15 is 0 Å². The van der Waals surface area contributed by atoms with E-state index in [1.165, 1.54) is 0 Å². The molecule has 0 radical (unpaired) electrons. The number of carbonyl (C=O) groups excluding carboxylic acids is 1. The second-order valence-corrected chi connectivity index (χ2v) is 7.44. The van der Waals surface area contributed by atoms with Crippen molar-refractivity contribution in [2.45, 2.75) is 44.6 Å². The fraction of sp³-hybridized carbons (Fsp3) is 0.667. The second kappa shape index (κ2) is 6.83.